The van der Waals surface area contributed by atoms with Gasteiger partial charge in [-0.15, -0.1) is 0 Å². The summed E-state index contributed by atoms with van der Waals surface area (Å²) >= 11 is 0. The third-order valence-corrected chi connectivity index (χ3v) is 2.09. The van der Waals surface area contributed by atoms with E-state index in [1.165, 1.54) is 0 Å². The molecule has 1 aromatic rings. The van der Waals surface area contributed by atoms with E-state index in [1.807, 2.05) is 62.5 Å². The van der Waals surface area contributed by atoms with Gasteiger partial charge in [0.25, 0.3) is 0 Å². The molecule has 1 rings (SSSR count). The molecule has 0 aliphatic carbocycles. The molecule has 0 spiro atoms. The summed E-state index contributed by atoms with van der Waals surface area (Å²) in [5.74, 6) is 0. The van der Waals surface area contributed by atoms with Gasteiger partial charge in [-0.3, -0.25) is 9.99 Å². The number of aromatic nitrogens is 1. The molecule has 0 atom stereocenters. The highest BCUT2D eigenvalue weighted by Gasteiger charge is 1.95. The van der Waals surface area contributed by atoms with Crippen LogP contribution in [0.5, 0.6) is 0 Å². The topological polar surface area (TPSA) is 28.5 Å². The van der Waals surface area contributed by atoms with Gasteiger partial charge in [0, 0.05) is 19.4 Å². The van der Waals surface area contributed by atoms with Crippen molar-refractivity contribution in [2.75, 3.05) is 7.05 Å². The number of rotatable bonds is 4. The molecule has 3 nitrogen and oxygen atoms in total. The Labute approximate surface area is 96.8 Å². The molecule has 16 heavy (non-hydrogen) atoms. The van der Waals surface area contributed by atoms with Crippen LogP contribution in [0, 0.1) is 0 Å². The Kier molecular flexibility index (Phi) is 4.99. The van der Waals surface area contributed by atoms with E-state index in [0.717, 1.165) is 11.3 Å². The molecule has 1 aromatic heterocycles. The van der Waals surface area contributed by atoms with Gasteiger partial charge < -0.3 is 0 Å². The fourth-order valence-electron chi connectivity index (χ4n) is 1.23. The van der Waals surface area contributed by atoms with Crippen molar-refractivity contribution in [3.63, 3.8) is 0 Å². The van der Waals surface area contributed by atoms with E-state index in [0.29, 0.717) is 0 Å². The minimum absolute atomic E-state index is 1.04. The number of hydrogen-bond donors (Lipinski definition) is 0. The van der Waals surface area contributed by atoms with Gasteiger partial charge in [-0.05, 0) is 37.6 Å². The number of hydrazone groups is 1. The summed E-state index contributed by atoms with van der Waals surface area (Å²) in [7, 11) is 1.92. The van der Waals surface area contributed by atoms with Crippen LogP contribution >= 0.6 is 0 Å². The van der Waals surface area contributed by atoms with Crippen molar-refractivity contribution in [2.45, 2.75) is 13.8 Å². The summed E-state index contributed by atoms with van der Waals surface area (Å²) in [6.07, 6.45) is 11.4. The van der Waals surface area contributed by atoms with Crippen molar-refractivity contribution < 1.29 is 0 Å². The Morgan fingerprint density at radius 1 is 1.31 bits per heavy atom. The van der Waals surface area contributed by atoms with Crippen LogP contribution in [-0.4, -0.2) is 23.3 Å². The van der Waals surface area contributed by atoms with Gasteiger partial charge in [0.15, 0.2) is 0 Å². The van der Waals surface area contributed by atoms with E-state index in [1.54, 1.807) is 12.4 Å². The summed E-state index contributed by atoms with van der Waals surface area (Å²) in [4.78, 5) is 3.96. The summed E-state index contributed by atoms with van der Waals surface area (Å²) < 4.78 is 0. The molecule has 0 aromatic carbocycles. The first-order chi connectivity index (χ1) is 7.77. The number of allylic oxidation sites excluding steroid dienone is 3. The van der Waals surface area contributed by atoms with Crippen LogP contribution in [0.3, 0.4) is 0 Å². The normalized spacial score (nSPS) is 12.6. The van der Waals surface area contributed by atoms with E-state index in [-0.39, 0.29) is 0 Å². The SMILES string of the molecule is C/C=C\C(=C/C)N(C)/N=C/c1ccncc1. The Morgan fingerprint density at radius 3 is 2.56 bits per heavy atom. The molecule has 0 bridgehead atoms. The molecule has 0 N–H and O–H groups in total. The van der Waals surface area contributed by atoms with Crippen LogP contribution in [-0.2, 0) is 0 Å². The third-order valence-electron chi connectivity index (χ3n) is 2.09. The zero-order valence-corrected chi connectivity index (χ0v) is 9.96. The minimum atomic E-state index is 1.04. The minimum Gasteiger partial charge on any atom is -0.269 e. The standard InChI is InChI=1S/C13H17N3/c1-4-6-13(5-2)16(3)15-11-12-7-9-14-10-8-12/h4-11H,1-3H3/b6-4-,13-5+,15-11+. The van der Waals surface area contributed by atoms with E-state index >= 15 is 0 Å². The van der Waals surface area contributed by atoms with Crippen LogP contribution in [0.25, 0.3) is 0 Å². The highest BCUT2D eigenvalue weighted by molar-refractivity contribution is 5.78. The van der Waals surface area contributed by atoms with E-state index in [9.17, 15) is 0 Å². The lowest BCUT2D eigenvalue weighted by atomic mass is 10.3. The number of likely N-dealkylation sites (N-methyl/N-ethyl adjacent to an activating group) is 1. The average Bonchev–Trinajstić information content (AvgIpc) is 2.34. The van der Waals surface area contributed by atoms with Crippen molar-refractivity contribution in [1.82, 2.24) is 9.99 Å². The molecule has 0 radical (unpaired) electrons. The first-order valence-corrected chi connectivity index (χ1v) is 5.24. The second-order valence-corrected chi connectivity index (χ2v) is 3.26. The van der Waals surface area contributed by atoms with Crippen molar-refractivity contribution in [1.29, 1.82) is 0 Å². The van der Waals surface area contributed by atoms with Gasteiger partial charge in [-0.25, -0.2) is 0 Å². The summed E-state index contributed by atoms with van der Waals surface area (Å²) in [5, 5.41) is 6.18. The van der Waals surface area contributed by atoms with E-state index in [4.69, 9.17) is 0 Å². The summed E-state index contributed by atoms with van der Waals surface area (Å²) in [6.45, 7) is 3.98. The zero-order valence-electron chi connectivity index (χ0n) is 9.96. The lowest BCUT2D eigenvalue weighted by molar-refractivity contribution is 0.463. The predicted molar refractivity (Wildman–Crippen MR) is 68.2 cm³/mol. The maximum Gasteiger partial charge on any atom is 0.0548 e. The Hall–Kier alpha value is -1.90. The molecule has 0 aliphatic heterocycles. The lowest BCUT2D eigenvalue weighted by Gasteiger charge is -2.13. The molecule has 0 saturated heterocycles. The van der Waals surface area contributed by atoms with Crippen molar-refractivity contribution >= 4 is 6.21 Å². The quantitative estimate of drug-likeness (QED) is 0.439. The number of nitrogens with zero attached hydrogens (tertiary/aromatic N) is 3. The molecule has 0 unspecified atom stereocenters. The fraction of sp³-hybridized carbons (Fsp3) is 0.231. The summed E-state index contributed by atoms with van der Waals surface area (Å²) in [6, 6.07) is 3.84. The number of pyridine rings is 1. The molecule has 0 saturated carbocycles. The molecular formula is C13H17N3. The largest absolute Gasteiger partial charge is 0.269 e. The van der Waals surface area contributed by atoms with Crippen LogP contribution in [0.2, 0.25) is 0 Å². The van der Waals surface area contributed by atoms with Gasteiger partial charge in [0.2, 0.25) is 0 Å². The van der Waals surface area contributed by atoms with Gasteiger partial charge >= 0.3 is 0 Å². The monoisotopic (exact) mass is 215 g/mol. The maximum atomic E-state index is 4.35. The van der Waals surface area contributed by atoms with Crippen LogP contribution in [0.4, 0.5) is 0 Å². The maximum absolute atomic E-state index is 4.35. The Bertz CT molecular complexity index is 391. The van der Waals surface area contributed by atoms with Gasteiger partial charge in [-0.1, -0.05) is 12.2 Å². The van der Waals surface area contributed by atoms with Crippen molar-refractivity contribution in [3.8, 4) is 0 Å². The predicted octanol–water partition coefficient (Wildman–Crippen LogP) is 2.83. The second kappa shape index (κ2) is 6.56. The fourth-order valence-corrected chi connectivity index (χ4v) is 1.23. The number of hydrogen-bond acceptors (Lipinski definition) is 3. The molecular weight excluding hydrogens is 198 g/mol. The first kappa shape index (κ1) is 12.2. The van der Waals surface area contributed by atoms with Gasteiger partial charge in [0.1, 0.15) is 0 Å². The molecule has 1 heterocycles. The van der Waals surface area contributed by atoms with Crippen molar-refractivity contribution in [3.05, 3.63) is 54.0 Å². The highest BCUT2D eigenvalue weighted by atomic mass is 15.4. The lowest BCUT2D eigenvalue weighted by Crippen LogP contribution is -2.08. The zero-order chi connectivity index (χ0) is 11.8. The van der Waals surface area contributed by atoms with Crippen LogP contribution < -0.4 is 0 Å². The molecule has 0 aliphatic rings. The third kappa shape index (κ3) is 3.69. The van der Waals surface area contributed by atoms with E-state index in [2.05, 4.69) is 10.1 Å². The van der Waals surface area contributed by atoms with Crippen molar-refractivity contribution in [2.24, 2.45) is 5.10 Å². The Balaban J connectivity index is 2.71. The van der Waals surface area contributed by atoms with Gasteiger partial charge in [-0.2, -0.15) is 5.10 Å². The van der Waals surface area contributed by atoms with Gasteiger partial charge in [0.05, 0.1) is 11.9 Å². The smallest absolute Gasteiger partial charge is 0.0548 e. The second-order valence-electron chi connectivity index (χ2n) is 3.26. The van der Waals surface area contributed by atoms with E-state index < -0.39 is 0 Å². The first-order valence-electron chi connectivity index (χ1n) is 5.24. The Morgan fingerprint density at radius 2 is 2.00 bits per heavy atom. The molecule has 84 valence electrons. The van der Waals surface area contributed by atoms with Crippen LogP contribution in [0.15, 0.2) is 53.6 Å². The molecule has 3 heteroatoms. The molecule has 0 fully saturated rings. The molecule has 0 amide bonds. The summed E-state index contributed by atoms with van der Waals surface area (Å²) in [5.41, 5.74) is 2.10. The highest BCUT2D eigenvalue weighted by Crippen LogP contribution is 2.04. The van der Waals surface area contributed by atoms with Crippen LogP contribution in [0.1, 0.15) is 19.4 Å². The average molecular weight is 215 g/mol.